The molecule has 0 aliphatic heterocycles. The Labute approximate surface area is 126 Å². The van der Waals surface area contributed by atoms with Crippen LogP contribution in [0, 0.1) is 12.8 Å². The van der Waals surface area contributed by atoms with Crippen molar-refractivity contribution in [1.29, 1.82) is 0 Å². The molecule has 2 aromatic rings. The molecule has 1 aromatic heterocycles. The third kappa shape index (κ3) is 5.16. The fraction of sp³-hybridized carbons (Fsp3) is 0.412. The van der Waals surface area contributed by atoms with Gasteiger partial charge in [0.25, 0.3) is 0 Å². The molecule has 4 nitrogen and oxygen atoms in total. The zero-order valence-electron chi connectivity index (χ0n) is 13.0. The molecule has 0 spiro atoms. The number of nitrogens with zero attached hydrogens (tertiary/aromatic N) is 2. The molecule has 0 atom stereocenters. The Morgan fingerprint density at radius 3 is 2.62 bits per heavy atom. The van der Waals surface area contributed by atoms with Crippen LogP contribution in [0.15, 0.2) is 36.5 Å². The van der Waals surface area contributed by atoms with Gasteiger partial charge in [-0.25, -0.2) is 9.97 Å². The van der Waals surface area contributed by atoms with Crippen molar-refractivity contribution in [1.82, 2.24) is 15.3 Å². The van der Waals surface area contributed by atoms with Gasteiger partial charge >= 0.3 is 6.01 Å². The standard InChI is InChI=1S/C17H23N3O/c1-13(2)9-18-10-16-11-19-17(20-14(16)3)21-12-15-7-5-4-6-8-15/h4-8,11,13,18H,9-10,12H2,1-3H3. The molecule has 4 heteroatoms. The maximum absolute atomic E-state index is 5.63. The van der Waals surface area contributed by atoms with E-state index in [1.54, 1.807) is 0 Å². The zero-order valence-corrected chi connectivity index (χ0v) is 13.0. The van der Waals surface area contributed by atoms with Gasteiger partial charge in [-0.05, 0) is 24.9 Å². The number of aromatic nitrogens is 2. The number of nitrogens with one attached hydrogen (secondary N) is 1. The molecule has 0 aliphatic carbocycles. The van der Waals surface area contributed by atoms with E-state index in [2.05, 4.69) is 29.1 Å². The molecule has 0 saturated carbocycles. The molecule has 0 aliphatic rings. The van der Waals surface area contributed by atoms with Gasteiger partial charge in [-0.15, -0.1) is 0 Å². The van der Waals surface area contributed by atoms with Crippen LogP contribution in [-0.2, 0) is 13.2 Å². The van der Waals surface area contributed by atoms with Crippen LogP contribution >= 0.6 is 0 Å². The predicted octanol–water partition coefficient (Wildman–Crippen LogP) is 3.11. The van der Waals surface area contributed by atoms with E-state index in [4.69, 9.17) is 4.74 Å². The van der Waals surface area contributed by atoms with Crippen molar-refractivity contribution in [2.24, 2.45) is 5.92 Å². The van der Waals surface area contributed by atoms with Gasteiger partial charge < -0.3 is 10.1 Å². The highest BCUT2D eigenvalue weighted by molar-refractivity contribution is 5.18. The summed E-state index contributed by atoms with van der Waals surface area (Å²) in [7, 11) is 0. The molecule has 0 bridgehead atoms. The first-order valence-electron chi connectivity index (χ1n) is 7.35. The van der Waals surface area contributed by atoms with E-state index in [1.165, 1.54) is 0 Å². The molecule has 2 rings (SSSR count). The van der Waals surface area contributed by atoms with Gasteiger partial charge in [0.05, 0.1) is 0 Å². The molecule has 0 fully saturated rings. The van der Waals surface area contributed by atoms with Crippen LogP contribution in [0.5, 0.6) is 6.01 Å². The van der Waals surface area contributed by atoms with E-state index in [9.17, 15) is 0 Å². The van der Waals surface area contributed by atoms with Crippen molar-refractivity contribution in [2.45, 2.75) is 33.9 Å². The van der Waals surface area contributed by atoms with Gasteiger partial charge in [-0.3, -0.25) is 0 Å². The molecule has 0 unspecified atom stereocenters. The number of hydrogen-bond donors (Lipinski definition) is 1. The molecule has 0 saturated heterocycles. The summed E-state index contributed by atoms with van der Waals surface area (Å²) in [5, 5.41) is 3.40. The minimum Gasteiger partial charge on any atom is -0.459 e. The number of rotatable bonds is 7. The fourth-order valence-corrected chi connectivity index (χ4v) is 1.93. The lowest BCUT2D eigenvalue weighted by Crippen LogP contribution is -2.20. The lowest BCUT2D eigenvalue weighted by molar-refractivity contribution is 0.279. The van der Waals surface area contributed by atoms with Gasteiger partial charge in [0.15, 0.2) is 0 Å². The first kappa shape index (κ1) is 15.4. The Balaban J connectivity index is 1.89. The lowest BCUT2D eigenvalue weighted by atomic mass is 10.2. The van der Waals surface area contributed by atoms with Crippen LogP contribution in [0.25, 0.3) is 0 Å². The molecule has 0 radical (unpaired) electrons. The van der Waals surface area contributed by atoms with E-state index in [-0.39, 0.29) is 0 Å². The third-order valence-electron chi connectivity index (χ3n) is 3.14. The van der Waals surface area contributed by atoms with Crippen LogP contribution < -0.4 is 10.1 Å². The zero-order chi connectivity index (χ0) is 15.1. The first-order valence-corrected chi connectivity index (χ1v) is 7.35. The average molecular weight is 285 g/mol. The van der Waals surface area contributed by atoms with Crippen molar-refractivity contribution >= 4 is 0 Å². The van der Waals surface area contributed by atoms with E-state index < -0.39 is 0 Å². The van der Waals surface area contributed by atoms with Gasteiger partial charge in [-0.2, -0.15) is 0 Å². The largest absolute Gasteiger partial charge is 0.459 e. The summed E-state index contributed by atoms with van der Waals surface area (Å²) in [5.74, 6) is 0.639. The third-order valence-corrected chi connectivity index (χ3v) is 3.14. The van der Waals surface area contributed by atoms with Gasteiger partial charge in [0, 0.05) is 24.0 Å². The smallest absolute Gasteiger partial charge is 0.316 e. The molecule has 1 N–H and O–H groups in total. The quantitative estimate of drug-likeness (QED) is 0.849. The SMILES string of the molecule is Cc1nc(OCc2ccccc2)ncc1CNCC(C)C. The Bertz CT molecular complexity index is 555. The maximum Gasteiger partial charge on any atom is 0.316 e. The Kier molecular flexibility index (Phi) is 5.69. The van der Waals surface area contributed by atoms with E-state index in [0.29, 0.717) is 18.5 Å². The fourth-order valence-electron chi connectivity index (χ4n) is 1.93. The van der Waals surface area contributed by atoms with Crippen molar-refractivity contribution in [2.75, 3.05) is 6.54 Å². The molecule has 1 heterocycles. The molecule has 21 heavy (non-hydrogen) atoms. The van der Waals surface area contributed by atoms with E-state index >= 15 is 0 Å². The summed E-state index contributed by atoms with van der Waals surface area (Å²) >= 11 is 0. The summed E-state index contributed by atoms with van der Waals surface area (Å²) < 4.78 is 5.63. The van der Waals surface area contributed by atoms with Crippen molar-refractivity contribution < 1.29 is 4.74 Å². The van der Waals surface area contributed by atoms with Gasteiger partial charge in [0.1, 0.15) is 6.61 Å². The summed E-state index contributed by atoms with van der Waals surface area (Å²) in [4.78, 5) is 8.69. The molecule has 112 valence electrons. The number of aryl methyl sites for hydroxylation is 1. The first-order chi connectivity index (χ1) is 10.1. The monoisotopic (exact) mass is 285 g/mol. The Morgan fingerprint density at radius 2 is 1.95 bits per heavy atom. The topological polar surface area (TPSA) is 47.0 Å². The molecular formula is C17H23N3O. The van der Waals surface area contributed by atoms with Crippen molar-refractivity contribution in [3.8, 4) is 6.01 Å². The summed E-state index contributed by atoms with van der Waals surface area (Å²) in [5.41, 5.74) is 3.19. The van der Waals surface area contributed by atoms with E-state index in [0.717, 1.165) is 29.9 Å². The van der Waals surface area contributed by atoms with Crippen LogP contribution in [0.4, 0.5) is 0 Å². The highest BCUT2D eigenvalue weighted by Crippen LogP contribution is 2.10. The predicted molar refractivity (Wildman–Crippen MR) is 84.1 cm³/mol. The van der Waals surface area contributed by atoms with E-state index in [1.807, 2.05) is 43.5 Å². The Morgan fingerprint density at radius 1 is 1.19 bits per heavy atom. The average Bonchev–Trinajstić information content (AvgIpc) is 2.48. The lowest BCUT2D eigenvalue weighted by Gasteiger charge is -2.10. The van der Waals surface area contributed by atoms with Gasteiger partial charge in [0.2, 0.25) is 0 Å². The van der Waals surface area contributed by atoms with Crippen LogP contribution in [-0.4, -0.2) is 16.5 Å². The second-order valence-electron chi connectivity index (χ2n) is 5.56. The number of ether oxygens (including phenoxy) is 1. The molecule has 1 aromatic carbocycles. The summed E-state index contributed by atoms with van der Waals surface area (Å²) in [6.07, 6.45) is 1.84. The second kappa shape index (κ2) is 7.74. The van der Waals surface area contributed by atoms with Crippen molar-refractivity contribution in [3.05, 3.63) is 53.3 Å². The molecule has 0 amide bonds. The van der Waals surface area contributed by atoms with Crippen molar-refractivity contribution in [3.63, 3.8) is 0 Å². The van der Waals surface area contributed by atoms with Crippen LogP contribution in [0.3, 0.4) is 0 Å². The van der Waals surface area contributed by atoms with Crippen LogP contribution in [0.1, 0.15) is 30.7 Å². The van der Waals surface area contributed by atoms with Crippen LogP contribution in [0.2, 0.25) is 0 Å². The molecular weight excluding hydrogens is 262 g/mol. The minimum absolute atomic E-state index is 0.434. The van der Waals surface area contributed by atoms with Gasteiger partial charge in [-0.1, -0.05) is 44.2 Å². The summed E-state index contributed by atoms with van der Waals surface area (Å²) in [6.45, 7) is 8.65. The highest BCUT2D eigenvalue weighted by atomic mass is 16.5. The normalized spacial score (nSPS) is 10.9. The second-order valence-corrected chi connectivity index (χ2v) is 5.56. The Hall–Kier alpha value is -1.94. The highest BCUT2D eigenvalue weighted by Gasteiger charge is 2.05. The number of hydrogen-bond acceptors (Lipinski definition) is 4. The summed E-state index contributed by atoms with van der Waals surface area (Å²) in [6, 6.07) is 10.5. The maximum atomic E-state index is 5.63. The number of benzene rings is 1. The minimum atomic E-state index is 0.434.